The molecule has 9 heteroatoms. The fraction of sp³-hybridized carbons (Fsp3) is 0.138. The number of carbonyl (C=O) groups is 2. The number of hydrogen-bond acceptors (Lipinski definition) is 4. The average Bonchev–Trinajstić information content (AvgIpc) is 2.90. The Morgan fingerprint density at radius 2 is 1.71 bits per heavy atom. The van der Waals surface area contributed by atoms with Crippen molar-refractivity contribution in [3.63, 3.8) is 0 Å². The highest BCUT2D eigenvalue weighted by Crippen LogP contribution is 2.23. The van der Waals surface area contributed by atoms with Gasteiger partial charge in [-0.2, -0.15) is 0 Å². The number of halogens is 3. The fourth-order valence-corrected chi connectivity index (χ4v) is 4.44. The van der Waals surface area contributed by atoms with Crippen LogP contribution in [0, 0.1) is 5.82 Å². The van der Waals surface area contributed by atoms with Gasteiger partial charge in [0.15, 0.2) is 5.43 Å². The number of benzene rings is 3. The highest BCUT2D eigenvalue weighted by Gasteiger charge is 2.24. The summed E-state index contributed by atoms with van der Waals surface area (Å²) in [5, 5.41) is 0.915. The summed E-state index contributed by atoms with van der Waals surface area (Å²) in [6, 6.07) is 17.0. The van der Waals surface area contributed by atoms with E-state index in [0.717, 1.165) is 0 Å². The molecule has 0 saturated heterocycles. The Morgan fingerprint density at radius 1 is 0.974 bits per heavy atom. The summed E-state index contributed by atoms with van der Waals surface area (Å²) in [5.41, 5.74) is 1.26. The molecule has 6 nitrogen and oxygen atoms in total. The van der Waals surface area contributed by atoms with Gasteiger partial charge in [0.25, 0.3) is 5.91 Å². The molecule has 0 radical (unpaired) electrons. The van der Waals surface area contributed by atoms with Crippen molar-refractivity contribution in [1.29, 1.82) is 0 Å². The maximum absolute atomic E-state index is 13.6. The molecular weight excluding hydrogens is 530 g/mol. The van der Waals surface area contributed by atoms with Gasteiger partial charge in [-0.15, -0.1) is 6.58 Å². The molecule has 0 aliphatic rings. The highest BCUT2D eigenvalue weighted by atomic mass is 35.5. The summed E-state index contributed by atoms with van der Waals surface area (Å²) in [5.74, 6) is -1.33. The summed E-state index contributed by atoms with van der Waals surface area (Å²) < 4.78 is 19.1. The lowest BCUT2D eigenvalue weighted by Gasteiger charge is -2.27. The average molecular weight is 553 g/mol. The second kappa shape index (κ2) is 12.1. The van der Waals surface area contributed by atoms with E-state index in [4.69, 9.17) is 27.6 Å². The number of amides is 2. The molecular formula is C29H23Cl2FN2O4. The molecule has 194 valence electrons. The Morgan fingerprint density at radius 3 is 2.42 bits per heavy atom. The minimum absolute atomic E-state index is 0.0726. The lowest BCUT2D eigenvalue weighted by atomic mass is 10.1. The Balaban J connectivity index is 1.64. The van der Waals surface area contributed by atoms with Crippen LogP contribution in [0.5, 0.6) is 0 Å². The quantitative estimate of drug-likeness (QED) is 0.235. The molecule has 1 heterocycles. The van der Waals surface area contributed by atoms with E-state index >= 15 is 0 Å². The zero-order valence-corrected chi connectivity index (χ0v) is 21.7. The number of rotatable bonds is 9. The van der Waals surface area contributed by atoms with Gasteiger partial charge in [0.2, 0.25) is 5.91 Å². The van der Waals surface area contributed by atoms with Crippen molar-refractivity contribution in [2.24, 2.45) is 0 Å². The Hall–Kier alpha value is -3.94. The molecule has 0 bridgehead atoms. The highest BCUT2D eigenvalue weighted by molar-refractivity contribution is 6.36. The molecule has 0 unspecified atom stereocenters. The molecule has 0 spiro atoms. The minimum atomic E-state index is -0.480. The molecule has 3 aromatic carbocycles. The van der Waals surface area contributed by atoms with E-state index in [-0.39, 0.29) is 47.8 Å². The van der Waals surface area contributed by atoms with Crippen LogP contribution in [-0.2, 0) is 17.9 Å². The van der Waals surface area contributed by atoms with Gasteiger partial charge in [0, 0.05) is 18.1 Å². The van der Waals surface area contributed by atoms with Gasteiger partial charge >= 0.3 is 0 Å². The smallest absolute Gasteiger partial charge is 0.256 e. The van der Waals surface area contributed by atoms with Crippen LogP contribution in [0.3, 0.4) is 0 Å². The van der Waals surface area contributed by atoms with Crippen molar-refractivity contribution in [1.82, 2.24) is 9.80 Å². The normalized spacial score (nSPS) is 10.8. The minimum Gasteiger partial charge on any atom is -0.464 e. The van der Waals surface area contributed by atoms with E-state index in [1.165, 1.54) is 52.5 Å². The summed E-state index contributed by atoms with van der Waals surface area (Å²) >= 11 is 12.2. The van der Waals surface area contributed by atoms with Crippen LogP contribution < -0.4 is 5.43 Å². The van der Waals surface area contributed by atoms with E-state index in [1.807, 2.05) is 0 Å². The van der Waals surface area contributed by atoms with Crippen LogP contribution in [0.4, 0.5) is 4.39 Å². The second-order valence-electron chi connectivity index (χ2n) is 8.56. The summed E-state index contributed by atoms with van der Waals surface area (Å²) in [7, 11) is 0. The van der Waals surface area contributed by atoms with E-state index in [2.05, 4.69) is 6.58 Å². The van der Waals surface area contributed by atoms with E-state index in [0.29, 0.717) is 21.6 Å². The first-order valence-corrected chi connectivity index (χ1v) is 12.4. The summed E-state index contributed by atoms with van der Waals surface area (Å²) in [4.78, 5) is 42.7. The lowest BCUT2D eigenvalue weighted by molar-refractivity contribution is -0.133. The third-order valence-electron chi connectivity index (χ3n) is 5.88. The lowest BCUT2D eigenvalue weighted by Crippen LogP contribution is -2.43. The molecule has 1 aromatic heterocycles. The van der Waals surface area contributed by atoms with Gasteiger partial charge < -0.3 is 14.2 Å². The zero-order chi connectivity index (χ0) is 27.2. The molecule has 0 atom stereocenters. The summed E-state index contributed by atoms with van der Waals surface area (Å²) in [6.45, 7) is 3.44. The predicted molar refractivity (Wildman–Crippen MR) is 146 cm³/mol. The molecule has 0 saturated carbocycles. The van der Waals surface area contributed by atoms with Crippen LogP contribution in [0.25, 0.3) is 11.0 Å². The SMILES string of the molecule is C=CCN(CC(=O)N(Cc1ccc(F)cc1)Cc1coc2ccccc2c1=O)C(=O)c1ccc(Cl)cc1Cl. The second-order valence-corrected chi connectivity index (χ2v) is 9.40. The molecule has 2 amide bonds. The van der Waals surface area contributed by atoms with Crippen LogP contribution in [0.1, 0.15) is 21.5 Å². The Kier molecular flexibility index (Phi) is 8.61. The van der Waals surface area contributed by atoms with Gasteiger partial charge in [0.05, 0.1) is 34.3 Å². The molecule has 0 fully saturated rings. The first-order valence-electron chi connectivity index (χ1n) is 11.6. The summed E-state index contributed by atoms with van der Waals surface area (Å²) in [6.07, 6.45) is 2.83. The van der Waals surface area contributed by atoms with E-state index < -0.39 is 17.6 Å². The number of fused-ring (bicyclic) bond motifs is 1. The van der Waals surface area contributed by atoms with E-state index in [1.54, 1.807) is 36.4 Å². The Labute approximate surface area is 228 Å². The van der Waals surface area contributed by atoms with Gasteiger partial charge in [-0.3, -0.25) is 14.4 Å². The van der Waals surface area contributed by atoms with Crippen molar-refractivity contribution in [3.05, 3.63) is 128 Å². The standard InChI is InChI=1S/C29H23Cl2FN2O4/c1-2-13-33(29(37)23-12-9-21(30)14-25(23)31)17-27(35)34(15-19-7-10-22(32)11-8-19)16-20-18-38-26-6-4-3-5-24(26)28(20)36/h2-12,14,18H,1,13,15-17H2. The molecule has 0 aliphatic carbocycles. The fourth-order valence-electron chi connectivity index (χ4n) is 3.95. The molecule has 38 heavy (non-hydrogen) atoms. The third kappa shape index (κ3) is 6.30. The molecule has 0 N–H and O–H groups in total. The van der Waals surface area contributed by atoms with Crippen LogP contribution in [-0.4, -0.2) is 34.7 Å². The maximum Gasteiger partial charge on any atom is 0.256 e. The number of hydrogen-bond donors (Lipinski definition) is 0. The van der Waals surface area contributed by atoms with Crippen molar-refractivity contribution in [2.75, 3.05) is 13.1 Å². The molecule has 4 rings (SSSR count). The topological polar surface area (TPSA) is 70.8 Å². The molecule has 0 aliphatic heterocycles. The van der Waals surface area contributed by atoms with Crippen molar-refractivity contribution in [3.8, 4) is 0 Å². The van der Waals surface area contributed by atoms with Gasteiger partial charge in [-0.1, -0.05) is 53.5 Å². The van der Waals surface area contributed by atoms with Crippen molar-refractivity contribution < 1.29 is 18.4 Å². The van der Waals surface area contributed by atoms with Gasteiger partial charge in [-0.25, -0.2) is 4.39 Å². The third-order valence-corrected chi connectivity index (χ3v) is 6.42. The first kappa shape index (κ1) is 27.1. The van der Waals surface area contributed by atoms with Crippen molar-refractivity contribution >= 4 is 46.0 Å². The Bertz CT molecular complexity index is 1550. The van der Waals surface area contributed by atoms with Gasteiger partial charge in [-0.05, 0) is 48.0 Å². The monoisotopic (exact) mass is 552 g/mol. The largest absolute Gasteiger partial charge is 0.464 e. The van der Waals surface area contributed by atoms with Crippen LogP contribution >= 0.6 is 23.2 Å². The van der Waals surface area contributed by atoms with Gasteiger partial charge in [0.1, 0.15) is 17.9 Å². The zero-order valence-electron chi connectivity index (χ0n) is 20.2. The maximum atomic E-state index is 13.6. The van der Waals surface area contributed by atoms with Crippen molar-refractivity contribution in [2.45, 2.75) is 13.1 Å². The number of carbonyl (C=O) groups excluding carboxylic acids is 2. The predicted octanol–water partition coefficient (Wildman–Crippen LogP) is 6.10. The van der Waals surface area contributed by atoms with Crippen LogP contribution in [0.2, 0.25) is 10.0 Å². The first-order chi connectivity index (χ1) is 18.3. The number of nitrogens with zero attached hydrogens (tertiary/aromatic N) is 2. The number of para-hydroxylation sites is 1. The van der Waals surface area contributed by atoms with Crippen LogP contribution in [0.15, 0.2) is 94.9 Å². The molecule has 4 aromatic rings. The van der Waals surface area contributed by atoms with E-state index in [9.17, 15) is 18.8 Å².